The predicted octanol–water partition coefficient (Wildman–Crippen LogP) is 3.31. The fraction of sp³-hybridized carbons (Fsp3) is 0.444. The van der Waals surface area contributed by atoms with Gasteiger partial charge in [-0.05, 0) is 99.6 Å². The molecule has 0 radical (unpaired) electrons. The van der Waals surface area contributed by atoms with Gasteiger partial charge < -0.3 is 30.7 Å². The van der Waals surface area contributed by atoms with Crippen LogP contribution in [-0.2, 0) is 9.63 Å². The molecule has 2 aromatic carbocycles. The van der Waals surface area contributed by atoms with E-state index in [0.717, 1.165) is 49.9 Å². The number of benzene rings is 2. The number of hydrogen-bond acceptors (Lipinski definition) is 7. The third-order valence-electron chi connectivity index (χ3n) is 6.18. The van der Waals surface area contributed by atoms with E-state index < -0.39 is 11.9 Å². The van der Waals surface area contributed by atoms with Crippen molar-refractivity contribution in [1.29, 1.82) is 0 Å². The summed E-state index contributed by atoms with van der Waals surface area (Å²) in [5.41, 5.74) is 12.2. The maximum atomic E-state index is 11.1. The predicted molar refractivity (Wildman–Crippen MR) is 138 cm³/mol. The lowest BCUT2D eigenvalue weighted by atomic mass is 9.92. The molecular formula is C27H36N4O5. The molecule has 0 aliphatic carbocycles. The second kappa shape index (κ2) is 14.1. The van der Waals surface area contributed by atoms with Gasteiger partial charge in [0.2, 0.25) is 5.91 Å². The van der Waals surface area contributed by atoms with Crippen LogP contribution in [0.3, 0.4) is 0 Å². The second-order valence-electron chi connectivity index (χ2n) is 8.95. The van der Waals surface area contributed by atoms with Crippen molar-refractivity contribution in [2.24, 2.45) is 22.5 Å². The van der Waals surface area contributed by atoms with E-state index in [2.05, 4.69) is 14.9 Å². The van der Waals surface area contributed by atoms with Gasteiger partial charge in [0.05, 0.1) is 13.2 Å². The van der Waals surface area contributed by atoms with Crippen LogP contribution in [0.15, 0.2) is 53.7 Å². The van der Waals surface area contributed by atoms with E-state index in [1.807, 2.05) is 12.1 Å². The van der Waals surface area contributed by atoms with Gasteiger partial charge in [0.15, 0.2) is 5.84 Å². The molecule has 2 aromatic rings. The van der Waals surface area contributed by atoms with E-state index in [0.29, 0.717) is 24.3 Å². The molecule has 1 fully saturated rings. The van der Waals surface area contributed by atoms with Crippen molar-refractivity contribution in [3.63, 3.8) is 0 Å². The average molecular weight is 497 g/mol. The van der Waals surface area contributed by atoms with Gasteiger partial charge in [-0.3, -0.25) is 4.79 Å². The maximum Gasteiger partial charge on any atom is 0.332 e. The van der Waals surface area contributed by atoms with E-state index in [9.17, 15) is 9.59 Å². The van der Waals surface area contributed by atoms with Gasteiger partial charge in [-0.25, -0.2) is 4.79 Å². The van der Waals surface area contributed by atoms with Gasteiger partial charge in [-0.15, -0.1) is 0 Å². The number of amides is 1. The summed E-state index contributed by atoms with van der Waals surface area (Å²) in [7, 11) is 0. The van der Waals surface area contributed by atoms with Crippen LogP contribution in [-0.4, -0.2) is 55.5 Å². The lowest BCUT2D eigenvalue weighted by molar-refractivity contribution is -0.140. The van der Waals surface area contributed by atoms with Crippen molar-refractivity contribution in [3.05, 3.63) is 59.7 Å². The monoisotopic (exact) mass is 496 g/mol. The molecule has 0 bridgehead atoms. The Balaban J connectivity index is 1.24. The molecule has 1 heterocycles. The minimum Gasteiger partial charge on any atom is -0.494 e. The summed E-state index contributed by atoms with van der Waals surface area (Å²) in [5.74, 6) is 1.48. The minimum atomic E-state index is -0.514. The number of nitrogens with zero attached hydrogens (tertiary/aromatic N) is 2. The van der Waals surface area contributed by atoms with Gasteiger partial charge in [0, 0.05) is 24.6 Å². The highest BCUT2D eigenvalue weighted by Crippen LogP contribution is 2.22. The van der Waals surface area contributed by atoms with Gasteiger partial charge in [-0.1, -0.05) is 5.16 Å². The molecule has 3 rings (SSSR count). The van der Waals surface area contributed by atoms with Crippen LogP contribution >= 0.6 is 0 Å². The number of piperidine rings is 1. The Bertz CT molecular complexity index is 1000. The molecule has 0 spiro atoms. The summed E-state index contributed by atoms with van der Waals surface area (Å²) in [4.78, 5) is 29.0. The lowest BCUT2D eigenvalue weighted by Gasteiger charge is -2.32. The minimum absolute atomic E-state index is 0.145. The zero-order valence-electron chi connectivity index (χ0n) is 20.9. The van der Waals surface area contributed by atoms with Crippen LogP contribution in [0.4, 0.5) is 0 Å². The molecule has 0 aromatic heterocycles. The average Bonchev–Trinajstić information content (AvgIpc) is 2.89. The Labute approximate surface area is 212 Å². The van der Waals surface area contributed by atoms with Gasteiger partial charge in [0.1, 0.15) is 11.5 Å². The lowest BCUT2D eigenvalue weighted by Crippen LogP contribution is -2.35. The van der Waals surface area contributed by atoms with E-state index in [1.54, 1.807) is 36.4 Å². The van der Waals surface area contributed by atoms with Crippen molar-refractivity contribution >= 4 is 17.7 Å². The number of ether oxygens (including phenoxy) is 2. The first-order valence-corrected chi connectivity index (χ1v) is 12.4. The molecule has 1 aliphatic rings. The molecule has 9 nitrogen and oxygen atoms in total. The largest absolute Gasteiger partial charge is 0.494 e. The van der Waals surface area contributed by atoms with Crippen molar-refractivity contribution in [2.75, 3.05) is 32.8 Å². The topological polar surface area (TPSA) is 129 Å². The maximum absolute atomic E-state index is 11.1. The Morgan fingerprint density at radius 3 is 2.00 bits per heavy atom. The van der Waals surface area contributed by atoms with Gasteiger partial charge in [0.25, 0.3) is 0 Å². The first-order chi connectivity index (χ1) is 17.4. The third kappa shape index (κ3) is 9.22. The number of rotatable bonds is 13. The Morgan fingerprint density at radius 1 is 0.889 bits per heavy atom. The highest BCUT2D eigenvalue weighted by Gasteiger charge is 2.18. The SMILES string of the molecule is CC(=O)ON=C(N)c1ccc(OCCCC2CCN(CCCOc3ccc(C(N)=O)cc3)CC2)cc1. The van der Waals surface area contributed by atoms with Gasteiger partial charge >= 0.3 is 5.97 Å². The van der Waals surface area contributed by atoms with Crippen molar-refractivity contribution < 1.29 is 23.9 Å². The van der Waals surface area contributed by atoms with Crippen molar-refractivity contribution in [2.45, 2.75) is 39.0 Å². The van der Waals surface area contributed by atoms with Gasteiger partial charge in [-0.2, -0.15) is 0 Å². The number of carbonyl (C=O) groups is 2. The number of likely N-dealkylation sites (tertiary alicyclic amines) is 1. The molecular weight excluding hydrogens is 460 g/mol. The quantitative estimate of drug-likeness (QED) is 0.143. The molecule has 4 N–H and O–H groups in total. The van der Waals surface area contributed by atoms with E-state index in [1.165, 1.54) is 26.2 Å². The van der Waals surface area contributed by atoms with Crippen LogP contribution in [0.25, 0.3) is 0 Å². The number of carbonyl (C=O) groups excluding carboxylic acids is 2. The summed E-state index contributed by atoms with van der Waals surface area (Å²) >= 11 is 0. The number of primary amides is 1. The molecule has 0 atom stereocenters. The molecule has 1 saturated heterocycles. The number of oxime groups is 1. The number of hydrogen-bond donors (Lipinski definition) is 2. The normalized spacial score (nSPS) is 14.9. The van der Waals surface area contributed by atoms with E-state index in [4.69, 9.17) is 20.9 Å². The van der Waals surface area contributed by atoms with E-state index in [-0.39, 0.29) is 5.84 Å². The first kappa shape index (κ1) is 27.0. The zero-order chi connectivity index (χ0) is 25.8. The summed E-state index contributed by atoms with van der Waals surface area (Å²) in [6, 6.07) is 14.2. The zero-order valence-corrected chi connectivity index (χ0v) is 20.9. The van der Waals surface area contributed by atoms with Crippen LogP contribution in [0.5, 0.6) is 11.5 Å². The molecule has 36 heavy (non-hydrogen) atoms. The summed E-state index contributed by atoms with van der Waals surface area (Å²) in [6.45, 7) is 5.87. The molecule has 1 aliphatic heterocycles. The van der Waals surface area contributed by atoms with Crippen molar-refractivity contribution in [1.82, 2.24) is 4.90 Å². The highest BCUT2D eigenvalue weighted by atomic mass is 16.7. The first-order valence-electron chi connectivity index (χ1n) is 12.4. The smallest absolute Gasteiger partial charge is 0.332 e. The fourth-order valence-corrected chi connectivity index (χ4v) is 4.14. The number of amidine groups is 1. The molecule has 9 heteroatoms. The summed E-state index contributed by atoms with van der Waals surface area (Å²) in [5, 5.41) is 3.58. The number of nitrogens with two attached hydrogens (primary N) is 2. The van der Waals surface area contributed by atoms with Crippen LogP contribution in [0.1, 0.15) is 54.9 Å². The second-order valence-corrected chi connectivity index (χ2v) is 8.95. The Morgan fingerprint density at radius 2 is 1.44 bits per heavy atom. The van der Waals surface area contributed by atoms with E-state index >= 15 is 0 Å². The standard InChI is InChI=1S/C27H36N4O5/c1-20(32)36-30-26(28)22-5-9-24(10-6-22)34-18-2-4-21-13-16-31(17-14-21)15-3-19-35-25-11-7-23(8-12-25)27(29)33/h5-12,21H,2-4,13-19H2,1H3,(H2,28,30)(H2,29,33). The third-order valence-corrected chi connectivity index (χ3v) is 6.18. The highest BCUT2D eigenvalue weighted by molar-refractivity contribution is 5.97. The van der Waals surface area contributed by atoms with Crippen LogP contribution in [0.2, 0.25) is 0 Å². The summed E-state index contributed by atoms with van der Waals surface area (Å²) < 4.78 is 11.6. The summed E-state index contributed by atoms with van der Waals surface area (Å²) in [6.07, 6.45) is 5.58. The molecule has 1 amide bonds. The Kier molecular flexibility index (Phi) is 10.6. The molecule has 0 saturated carbocycles. The van der Waals surface area contributed by atoms with Crippen molar-refractivity contribution in [3.8, 4) is 11.5 Å². The fourth-order valence-electron chi connectivity index (χ4n) is 4.14. The Hall–Kier alpha value is -3.59. The van der Waals surface area contributed by atoms with Crippen LogP contribution in [0, 0.1) is 5.92 Å². The molecule has 194 valence electrons. The van der Waals surface area contributed by atoms with Crippen LogP contribution < -0.4 is 20.9 Å². The molecule has 0 unspecified atom stereocenters.